The lowest BCUT2D eigenvalue weighted by Crippen LogP contribution is -2.43. The molecule has 2 atom stereocenters. The molecule has 114 valence electrons. The van der Waals surface area contributed by atoms with E-state index in [9.17, 15) is 9.59 Å². The normalized spacial score (nSPS) is 20.2. The summed E-state index contributed by atoms with van der Waals surface area (Å²) >= 11 is 6.10. The molecule has 0 saturated carbocycles. The summed E-state index contributed by atoms with van der Waals surface area (Å²) in [5.41, 5.74) is 0.851. The average molecular weight is 311 g/mol. The summed E-state index contributed by atoms with van der Waals surface area (Å²) in [4.78, 5) is 24.9. The molecule has 1 fully saturated rings. The number of carbonyl (C=O) groups is 2. The SMILES string of the molecule is CC(NC(=O)CN1CCC[C@H]1C(=O)O)c1ccccc1Cl. The molecule has 1 aromatic rings. The number of nitrogens with zero attached hydrogens (tertiary/aromatic N) is 1. The summed E-state index contributed by atoms with van der Waals surface area (Å²) in [6, 6.07) is 6.58. The van der Waals surface area contributed by atoms with Crippen LogP contribution < -0.4 is 5.32 Å². The van der Waals surface area contributed by atoms with Gasteiger partial charge in [0.2, 0.25) is 5.91 Å². The second-order valence-corrected chi connectivity index (χ2v) is 5.68. The Bertz CT molecular complexity index is 535. The van der Waals surface area contributed by atoms with Crippen LogP contribution in [0.15, 0.2) is 24.3 Å². The van der Waals surface area contributed by atoms with Crippen LogP contribution in [0.1, 0.15) is 31.4 Å². The minimum Gasteiger partial charge on any atom is -0.480 e. The van der Waals surface area contributed by atoms with Gasteiger partial charge < -0.3 is 10.4 Å². The van der Waals surface area contributed by atoms with E-state index >= 15 is 0 Å². The van der Waals surface area contributed by atoms with Gasteiger partial charge in [-0.3, -0.25) is 14.5 Å². The van der Waals surface area contributed by atoms with E-state index in [-0.39, 0.29) is 18.5 Å². The lowest BCUT2D eigenvalue weighted by atomic mass is 10.1. The standard InChI is InChI=1S/C15H19ClN2O3/c1-10(11-5-2-3-6-12(11)16)17-14(19)9-18-8-4-7-13(18)15(20)21/h2-3,5-6,10,13H,4,7-9H2,1H3,(H,17,19)(H,20,21)/t10?,13-/m0/s1. The van der Waals surface area contributed by atoms with Crippen LogP contribution in [0.25, 0.3) is 0 Å². The fourth-order valence-electron chi connectivity index (χ4n) is 2.67. The molecule has 0 bridgehead atoms. The molecule has 0 aliphatic carbocycles. The predicted octanol–water partition coefficient (Wildman–Crippen LogP) is 2.07. The first-order valence-electron chi connectivity index (χ1n) is 6.99. The fraction of sp³-hybridized carbons (Fsp3) is 0.467. The van der Waals surface area contributed by atoms with Gasteiger partial charge in [-0.05, 0) is 37.9 Å². The van der Waals surface area contributed by atoms with Crippen molar-refractivity contribution in [3.63, 3.8) is 0 Å². The molecule has 1 unspecified atom stereocenters. The van der Waals surface area contributed by atoms with Gasteiger partial charge in [0, 0.05) is 5.02 Å². The second-order valence-electron chi connectivity index (χ2n) is 5.28. The van der Waals surface area contributed by atoms with Gasteiger partial charge in [-0.25, -0.2) is 0 Å². The lowest BCUT2D eigenvalue weighted by molar-refractivity contribution is -0.142. The van der Waals surface area contributed by atoms with Crippen molar-refractivity contribution < 1.29 is 14.7 Å². The monoisotopic (exact) mass is 310 g/mol. The van der Waals surface area contributed by atoms with Crippen molar-refractivity contribution >= 4 is 23.5 Å². The third-order valence-electron chi connectivity index (χ3n) is 3.74. The van der Waals surface area contributed by atoms with Crippen molar-refractivity contribution in [3.8, 4) is 0 Å². The zero-order valence-electron chi connectivity index (χ0n) is 11.9. The van der Waals surface area contributed by atoms with Gasteiger partial charge in [0.1, 0.15) is 6.04 Å². The molecular weight excluding hydrogens is 292 g/mol. The highest BCUT2D eigenvalue weighted by Gasteiger charge is 2.31. The Morgan fingerprint density at radius 1 is 1.48 bits per heavy atom. The Kier molecular flexibility index (Phi) is 5.20. The van der Waals surface area contributed by atoms with Crippen LogP contribution in [-0.2, 0) is 9.59 Å². The molecule has 21 heavy (non-hydrogen) atoms. The molecule has 6 heteroatoms. The number of benzene rings is 1. The molecule has 1 amide bonds. The zero-order valence-corrected chi connectivity index (χ0v) is 12.6. The van der Waals surface area contributed by atoms with Gasteiger partial charge in [-0.2, -0.15) is 0 Å². The number of carbonyl (C=O) groups excluding carboxylic acids is 1. The Morgan fingerprint density at radius 2 is 2.19 bits per heavy atom. The highest BCUT2D eigenvalue weighted by atomic mass is 35.5. The molecule has 1 saturated heterocycles. The van der Waals surface area contributed by atoms with Crippen molar-refractivity contribution in [2.75, 3.05) is 13.1 Å². The largest absolute Gasteiger partial charge is 0.480 e. The van der Waals surface area contributed by atoms with E-state index in [1.807, 2.05) is 25.1 Å². The topological polar surface area (TPSA) is 69.6 Å². The second kappa shape index (κ2) is 6.91. The Labute approximate surface area is 128 Å². The molecule has 5 nitrogen and oxygen atoms in total. The van der Waals surface area contributed by atoms with Crippen molar-refractivity contribution in [1.82, 2.24) is 10.2 Å². The molecule has 0 spiro atoms. The van der Waals surface area contributed by atoms with Gasteiger partial charge in [0.15, 0.2) is 0 Å². The first kappa shape index (κ1) is 15.8. The van der Waals surface area contributed by atoms with Crippen LogP contribution in [-0.4, -0.2) is 41.0 Å². The maximum absolute atomic E-state index is 12.1. The molecule has 1 aromatic carbocycles. The van der Waals surface area contributed by atoms with Gasteiger partial charge in [-0.15, -0.1) is 0 Å². The summed E-state index contributed by atoms with van der Waals surface area (Å²) in [5, 5.41) is 12.6. The molecule has 2 N–H and O–H groups in total. The highest BCUT2D eigenvalue weighted by Crippen LogP contribution is 2.22. The number of likely N-dealkylation sites (tertiary alicyclic amines) is 1. The third-order valence-corrected chi connectivity index (χ3v) is 4.09. The van der Waals surface area contributed by atoms with Crippen LogP contribution in [0, 0.1) is 0 Å². The lowest BCUT2D eigenvalue weighted by Gasteiger charge is -2.22. The van der Waals surface area contributed by atoms with Crippen molar-refractivity contribution in [2.24, 2.45) is 0 Å². The quantitative estimate of drug-likeness (QED) is 0.873. The first-order valence-corrected chi connectivity index (χ1v) is 7.37. The average Bonchev–Trinajstić information content (AvgIpc) is 2.87. The smallest absolute Gasteiger partial charge is 0.320 e. The van der Waals surface area contributed by atoms with Crippen LogP contribution in [0.5, 0.6) is 0 Å². The molecule has 1 aliphatic heterocycles. The van der Waals surface area contributed by atoms with E-state index in [0.29, 0.717) is 18.0 Å². The summed E-state index contributed by atoms with van der Waals surface area (Å²) in [6.45, 7) is 2.61. The third kappa shape index (κ3) is 3.95. The maximum Gasteiger partial charge on any atom is 0.320 e. The highest BCUT2D eigenvalue weighted by molar-refractivity contribution is 6.31. The number of carboxylic acids is 1. The van der Waals surface area contributed by atoms with Gasteiger partial charge in [0.05, 0.1) is 12.6 Å². The molecule has 1 aliphatic rings. The Balaban J connectivity index is 1.93. The van der Waals surface area contributed by atoms with E-state index < -0.39 is 12.0 Å². The number of aliphatic carboxylic acids is 1. The summed E-state index contributed by atoms with van der Waals surface area (Å²) < 4.78 is 0. The van der Waals surface area contributed by atoms with E-state index in [4.69, 9.17) is 16.7 Å². The van der Waals surface area contributed by atoms with Crippen molar-refractivity contribution in [2.45, 2.75) is 31.8 Å². The predicted molar refractivity (Wildman–Crippen MR) is 80.2 cm³/mol. The summed E-state index contributed by atoms with van der Waals surface area (Å²) in [5.74, 6) is -1.05. The van der Waals surface area contributed by atoms with Crippen LogP contribution in [0.3, 0.4) is 0 Å². The number of hydrogen-bond acceptors (Lipinski definition) is 3. The molecule has 0 radical (unpaired) electrons. The van der Waals surface area contributed by atoms with E-state index in [1.54, 1.807) is 11.0 Å². The van der Waals surface area contributed by atoms with Crippen molar-refractivity contribution in [1.29, 1.82) is 0 Å². The Morgan fingerprint density at radius 3 is 2.86 bits per heavy atom. The van der Waals surface area contributed by atoms with Gasteiger partial charge >= 0.3 is 5.97 Å². The molecule has 1 heterocycles. The summed E-state index contributed by atoms with van der Waals surface area (Å²) in [7, 11) is 0. The van der Waals surface area contributed by atoms with E-state index in [1.165, 1.54) is 0 Å². The van der Waals surface area contributed by atoms with E-state index in [2.05, 4.69) is 5.32 Å². The number of hydrogen-bond donors (Lipinski definition) is 2. The van der Waals surface area contributed by atoms with Gasteiger partial charge in [-0.1, -0.05) is 29.8 Å². The first-order chi connectivity index (χ1) is 9.99. The summed E-state index contributed by atoms with van der Waals surface area (Å²) in [6.07, 6.45) is 1.41. The molecule has 2 rings (SSSR count). The Hall–Kier alpha value is -1.59. The maximum atomic E-state index is 12.1. The number of carboxylic acid groups (broad SMARTS) is 1. The van der Waals surface area contributed by atoms with Crippen LogP contribution in [0.2, 0.25) is 5.02 Å². The minimum atomic E-state index is -0.862. The molecule has 0 aromatic heterocycles. The number of halogens is 1. The van der Waals surface area contributed by atoms with E-state index in [0.717, 1.165) is 12.0 Å². The number of amides is 1. The number of nitrogens with one attached hydrogen (secondary N) is 1. The number of rotatable bonds is 5. The van der Waals surface area contributed by atoms with Crippen molar-refractivity contribution in [3.05, 3.63) is 34.9 Å². The molecular formula is C15H19ClN2O3. The minimum absolute atomic E-state index is 0.103. The van der Waals surface area contributed by atoms with Crippen LogP contribution >= 0.6 is 11.6 Å². The fourth-order valence-corrected chi connectivity index (χ4v) is 2.97. The van der Waals surface area contributed by atoms with Gasteiger partial charge in [0.25, 0.3) is 0 Å². The van der Waals surface area contributed by atoms with Crippen LogP contribution in [0.4, 0.5) is 0 Å². The zero-order chi connectivity index (χ0) is 15.4.